The van der Waals surface area contributed by atoms with E-state index in [4.69, 9.17) is 5.73 Å². The number of hydrogen-bond donors (Lipinski definition) is 1. The molecule has 1 aromatic heterocycles. The standard InChI is InChI=1S/C15H20N2S/c1-3-17(13-6-4-12(2)5-7-13)11-15-9-8-14(10-16)18-15/h4-9H,3,10-11,16H2,1-2H3. The second-order valence-electron chi connectivity index (χ2n) is 4.42. The van der Waals surface area contributed by atoms with E-state index >= 15 is 0 Å². The van der Waals surface area contributed by atoms with Gasteiger partial charge in [0.1, 0.15) is 0 Å². The predicted molar refractivity (Wildman–Crippen MR) is 80.1 cm³/mol. The molecule has 0 aliphatic heterocycles. The number of nitrogens with two attached hydrogens (primary N) is 1. The Hall–Kier alpha value is -1.32. The van der Waals surface area contributed by atoms with Crippen molar-refractivity contribution in [3.63, 3.8) is 0 Å². The first-order valence-electron chi connectivity index (χ1n) is 6.32. The van der Waals surface area contributed by atoms with Crippen LogP contribution in [-0.2, 0) is 13.1 Å². The van der Waals surface area contributed by atoms with E-state index in [0.29, 0.717) is 6.54 Å². The summed E-state index contributed by atoms with van der Waals surface area (Å²) in [5.74, 6) is 0. The Bertz CT molecular complexity index is 487. The fourth-order valence-electron chi connectivity index (χ4n) is 1.95. The highest BCUT2D eigenvalue weighted by atomic mass is 32.1. The van der Waals surface area contributed by atoms with Gasteiger partial charge < -0.3 is 10.6 Å². The lowest BCUT2D eigenvalue weighted by Gasteiger charge is -2.22. The maximum atomic E-state index is 5.65. The van der Waals surface area contributed by atoms with Gasteiger partial charge in [-0.05, 0) is 38.1 Å². The lowest BCUT2D eigenvalue weighted by Crippen LogP contribution is -2.21. The zero-order valence-corrected chi connectivity index (χ0v) is 11.8. The molecule has 0 amide bonds. The third-order valence-electron chi connectivity index (χ3n) is 3.05. The van der Waals surface area contributed by atoms with Crippen LogP contribution in [0.1, 0.15) is 22.2 Å². The third kappa shape index (κ3) is 3.12. The molecule has 1 aromatic carbocycles. The number of anilines is 1. The molecule has 1 heterocycles. The molecule has 2 rings (SSSR count). The molecule has 0 aliphatic rings. The number of thiophene rings is 1. The highest BCUT2D eigenvalue weighted by Gasteiger charge is 2.07. The van der Waals surface area contributed by atoms with Crippen molar-refractivity contribution < 1.29 is 0 Å². The molecule has 0 unspecified atom stereocenters. The van der Waals surface area contributed by atoms with Crippen LogP contribution >= 0.6 is 11.3 Å². The molecule has 0 saturated carbocycles. The molecule has 0 radical (unpaired) electrons. The van der Waals surface area contributed by atoms with Crippen molar-refractivity contribution in [1.29, 1.82) is 0 Å². The van der Waals surface area contributed by atoms with Crippen LogP contribution in [-0.4, -0.2) is 6.54 Å². The summed E-state index contributed by atoms with van der Waals surface area (Å²) in [6.45, 7) is 6.93. The van der Waals surface area contributed by atoms with Crippen LogP contribution < -0.4 is 10.6 Å². The first kappa shape index (κ1) is 13.1. The van der Waals surface area contributed by atoms with E-state index in [1.165, 1.54) is 21.0 Å². The van der Waals surface area contributed by atoms with Crippen LogP contribution in [0.2, 0.25) is 0 Å². The monoisotopic (exact) mass is 260 g/mol. The number of nitrogens with zero attached hydrogens (tertiary/aromatic N) is 1. The van der Waals surface area contributed by atoms with Crippen LogP contribution in [0.4, 0.5) is 5.69 Å². The van der Waals surface area contributed by atoms with Gasteiger partial charge in [0, 0.05) is 28.5 Å². The van der Waals surface area contributed by atoms with Crippen molar-refractivity contribution in [1.82, 2.24) is 0 Å². The molecular weight excluding hydrogens is 240 g/mol. The largest absolute Gasteiger partial charge is 0.367 e. The van der Waals surface area contributed by atoms with Crippen molar-refractivity contribution in [3.05, 3.63) is 51.7 Å². The van der Waals surface area contributed by atoms with E-state index in [-0.39, 0.29) is 0 Å². The second-order valence-corrected chi connectivity index (χ2v) is 5.67. The van der Waals surface area contributed by atoms with Gasteiger partial charge in [-0.2, -0.15) is 0 Å². The third-order valence-corrected chi connectivity index (χ3v) is 4.14. The number of aryl methyl sites for hydroxylation is 1. The Morgan fingerprint density at radius 2 is 1.72 bits per heavy atom. The smallest absolute Gasteiger partial charge is 0.0522 e. The lowest BCUT2D eigenvalue weighted by atomic mass is 10.2. The summed E-state index contributed by atoms with van der Waals surface area (Å²) in [6.07, 6.45) is 0. The molecule has 0 saturated heterocycles. The Labute approximate surface area is 113 Å². The molecule has 2 aromatic rings. The fraction of sp³-hybridized carbons (Fsp3) is 0.333. The summed E-state index contributed by atoms with van der Waals surface area (Å²) >= 11 is 1.81. The molecule has 3 heteroatoms. The van der Waals surface area contributed by atoms with Crippen molar-refractivity contribution >= 4 is 17.0 Å². The Morgan fingerprint density at radius 1 is 1.06 bits per heavy atom. The van der Waals surface area contributed by atoms with Crippen LogP contribution in [0.5, 0.6) is 0 Å². The molecule has 0 aliphatic carbocycles. The van der Waals surface area contributed by atoms with Crippen LogP contribution in [0.3, 0.4) is 0 Å². The number of hydrogen-bond acceptors (Lipinski definition) is 3. The highest BCUT2D eigenvalue weighted by molar-refractivity contribution is 7.12. The van der Waals surface area contributed by atoms with Gasteiger partial charge in [-0.1, -0.05) is 17.7 Å². The van der Waals surface area contributed by atoms with Gasteiger partial charge >= 0.3 is 0 Å². The molecule has 2 N–H and O–H groups in total. The van der Waals surface area contributed by atoms with E-state index in [1.54, 1.807) is 0 Å². The summed E-state index contributed by atoms with van der Waals surface area (Å²) in [6, 6.07) is 13.0. The minimum Gasteiger partial charge on any atom is -0.367 e. The first-order chi connectivity index (χ1) is 8.72. The Balaban J connectivity index is 2.11. The second kappa shape index (κ2) is 6.03. The molecule has 18 heavy (non-hydrogen) atoms. The van der Waals surface area contributed by atoms with E-state index in [0.717, 1.165) is 13.1 Å². The van der Waals surface area contributed by atoms with Gasteiger partial charge in [0.05, 0.1) is 6.54 Å². The van der Waals surface area contributed by atoms with Crippen LogP contribution in [0.25, 0.3) is 0 Å². The average molecular weight is 260 g/mol. The average Bonchev–Trinajstić information content (AvgIpc) is 2.85. The van der Waals surface area contributed by atoms with E-state index in [9.17, 15) is 0 Å². The molecule has 0 bridgehead atoms. The minimum absolute atomic E-state index is 0.640. The predicted octanol–water partition coefficient (Wildman–Crippen LogP) is 3.54. The minimum atomic E-state index is 0.640. The van der Waals surface area contributed by atoms with Gasteiger partial charge in [0.15, 0.2) is 0 Å². The summed E-state index contributed by atoms with van der Waals surface area (Å²) in [4.78, 5) is 5.01. The van der Waals surface area contributed by atoms with Gasteiger partial charge in [0.2, 0.25) is 0 Å². The zero-order valence-electron chi connectivity index (χ0n) is 11.0. The van der Waals surface area contributed by atoms with E-state index in [2.05, 4.69) is 55.1 Å². The Kier molecular flexibility index (Phi) is 4.39. The SMILES string of the molecule is CCN(Cc1ccc(CN)s1)c1ccc(C)cc1. The van der Waals surface area contributed by atoms with Crippen molar-refractivity contribution in [2.24, 2.45) is 5.73 Å². The molecule has 0 fully saturated rings. The fourth-order valence-corrected chi connectivity index (χ4v) is 2.86. The molecule has 0 atom stereocenters. The van der Waals surface area contributed by atoms with Gasteiger partial charge in [-0.25, -0.2) is 0 Å². The molecular formula is C15H20N2S. The summed E-state index contributed by atoms with van der Waals surface area (Å²) < 4.78 is 0. The summed E-state index contributed by atoms with van der Waals surface area (Å²) in [7, 11) is 0. The van der Waals surface area contributed by atoms with Gasteiger partial charge in [-0.15, -0.1) is 11.3 Å². The molecule has 0 spiro atoms. The topological polar surface area (TPSA) is 29.3 Å². The number of rotatable bonds is 5. The van der Waals surface area contributed by atoms with Crippen LogP contribution in [0.15, 0.2) is 36.4 Å². The summed E-state index contributed by atoms with van der Waals surface area (Å²) in [5.41, 5.74) is 8.24. The van der Waals surface area contributed by atoms with Gasteiger partial charge in [0.25, 0.3) is 0 Å². The molecule has 2 nitrogen and oxygen atoms in total. The zero-order chi connectivity index (χ0) is 13.0. The quantitative estimate of drug-likeness (QED) is 0.891. The van der Waals surface area contributed by atoms with E-state index in [1.807, 2.05) is 11.3 Å². The van der Waals surface area contributed by atoms with Crippen molar-refractivity contribution in [2.45, 2.75) is 26.9 Å². The summed E-state index contributed by atoms with van der Waals surface area (Å²) in [5, 5.41) is 0. The first-order valence-corrected chi connectivity index (χ1v) is 7.14. The number of benzene rings is 1. The Morgan fingerprint density at radius 3 is 2.28 bits per heavy atom. The lowest BCUT2D eigenvalue weighted by molar-refractivity contribution is 0.842. The maximum Gasteiger partial charge on any atom is 0.0522 e. The van der Waals surface area contributed by atoms with Gasteiger partial charge in [-0.3, -0.25) is 0 Å². The molecule has 96 valence electrons. The van der Waals surface area contributed by atoms with E-state index < -0.39 is 0 Å². The van der Waals surface area contributed by atoms with Crippen molar-refractivity contribution in [2.75, 3.05) is 11.4 Å². The highest BCUT2D eigenvalue weighted by Crippen LogP contribution is 2.22. The maximum absolute atomic E-state index is 5.65. The normalized spacial score (nSPS) is 10.6. The van der Waals surface area contributed by atoms with Crippen molar-refractivity contribution in [3.8, 4) is 0 Å². The van der Waals surface area contributed by atoms with Crippen LogP contribution in [0, 0.1) is 6.92 Å².